The Balaban J connectivity index is 1.57. The molecule has 1 aromatic heterocycles. The summed E-state index contributed by atoms with van der Waals surface area (Å²) >= 11 is 0. The fraction of sp³-hybridized carbons (Fsp3) is 0.462. The zero-order valence-electron chi connectivity index (χ0n) is 9.78. The molecule has 0 spiro atoms. The predicted octanol–water partition coefficient (Wildman–Crippen LogP) is 2.54. The highest BCUT2D eigenvalue weighted by Gasteiger charge is 2.14. The van der Waals surface area contributed by atoms with Crippen LogP contribution < -0.4 is 5.32 Å². The van der Waals surface area contributed by atoms with Crippen molar-refractivity contribution < 1.29 is 4.74 Å². The molecular weight excluding hydrogens is 214 g/mol. The zero-order chi connectivity index (χ0) is 11.5. The second kappa shape index (κ2) is 4.75. The van der Waals surface area contributed by atoms with E-state index in [4.69, 9.17) is 4.74 Å². The van der Waals surface area contributed by atoms with Gasteiger partial charge >= 0.3 is 0 Å². The number of aromatic nitrogens is 2. The Kier molecular flexibility index (Phi) is 2.96. The van der Waals surface area contributed by atoms with Gasteiger partial charge in [-0.15, -0.1) is 0 Å². The first-order valence-electron chi connectivity index (χ1n) is 6.22. The second-order valence-corrected chi connectivity index (χ2v) is 4.45. The number of imidazole rings is 1. The van der Waals surface area contributed by atoms with E-state index in [0.29, 0.717) is 6.10 Å². The number of nitrogens with zero attached hydrogens (tertiary/aromatic N) is 1. The van der Waals surface area contributed by atoms with E-state index < -0.39 is 0 Å². The number of rotatable bonds is 4. The van der Waals surface area contributed by atoms with Crippen LogP contribution in [0.1, 0.15) is 19.3 Å². The molecule has 4 heteroatoms. The summed E-state index contributed by atoms with van der Waals surface area (Å²) < 4.78 is 5.58. The summed E-state index contributed by atoms with van der Waals surface area (Å²) in [5, 5.41) is 3.31. The molecule has 1 unspecified atom stereocenters. The molecule has 1 aliphatic rings. The Morgan fingerprint density at radius 3 is 3.18 bits per heavy atom. The lowest BCUT2D eigenvalue weighted by molar-refractivity contribution is 0.107. The van der Waals surface area contributed by atoms with E-state index in [1.165, 1.54) is 12.8 Å². The monoisotopic (exact) mass is 231 g/mol. The van der Waals surface area contributed by atoms with Gasteiger partial charge in [0.05, 0.1) is 17.1 Å². The summed E-state index contributed by atoms with van der Waals surface area (Å²) in [4.78, 5) is 7.73. The first-order valence-corrected chi connectivity index (χ1v) is 6.22. The van der Waals surface area contributed by atoms with Crippen molar-refractivity contribution in [1.29, 1.82) is 0 Å². The quantitative estimate of drug-likeness (QED) is 0.850. The topological polar surface area (TPSA) is 49.9 Å². The van der Waals surface area contributed by atoms with Gasteiger partial charge in [0.25, 0.3) is 0 Å². The largest absolute Gasteiger partial charge is 0.378 e. The molecule has 0 radical (unpaired) electrons. The zero-order valence-corrected chi connectivity index (χ0v) is 9.78. The van der Waals surface area contributed by atoms with Gasteiger partial charge in [-0.2, -0.15) is 0 Å². The minimum atomic E-state index is 0.437. The Bertz CT molecular complexity index is 455. The van der Waals surface area contributed by atoms with Crippen molar-refractivity contribution in [2.24, 2.45) is 0 Å². The van der Waals surface area contributed by atoms with Gasteiger partial charge in [0, 0.05) is 13.2 Å². The van der Waals surface area contributed by atoms with Crippen LogP contribution >= 0.6 is 0 Å². The lowest BCUT2D eigenvalue weighted by atomic mass is 10.2. The number of anilines is 1. The van der Waals surface area contributed by atoms with Gasteiger partial charge in [-0.1, -0.05) is 12.1 Å². The molecule has 17 heavy (non-hydrogen) atoms. The second-order valence-electron chi connectivity index (χ2n) is 4.45. The number of H-pyrrole nitrogens is 1. The Labute approximate surface area is 100 Å². The fourth-order valence-corrected chi connectivity index (χ4v) is 2.26. The summed E-state index contributed by atoms with van der Waals surface area (Å²) in [7, 11) is 0. The molecule has 0 saturated carbocycles. The van der Waals surface area contributed by atoms with Crippen molar-refractivity contribution in [3.8, 4) is 0 Å². The molecule has 90 valence electrons. The molecule has 0 amide bonds. The molecular formula is C13H17N3O. The van der Waals surface area contributed by atoms with Crippen molar-refractivity contribution in [3.05, 3.63) is 24.3 Å². The standard InChI is InChI=1S/C13H17N3O/c1-2-6-12-11(5-1)15-13(16-12)14-8-7-10-4-3-9-17-10/h1-2,5-6,10H,3-4,7-9H2,(H2,14,15,16). The highest BCUT2D eigenvalue weighted by Crippen LogP contribution is 2.16. The molecule has 2 aromatic rings. The minimum absolute atomic E-state index is 0.437. The smallest absolute Gasteiger partial charge is 0.201 e. The van der Waals surface area contributed by atoms with Crippen LogP contribution in [0, 0.1) is 0 Å². The van der Waals surface area contributed by atoms with E-state index in [1.807, 2.05) is 24.3 Å². The Hall–Kier alpha value is -1.55. The number of benzene rings is 1. The maximum atomic E-state index is 5.58. The van der Waals surface area contributed by atoms with Crippen LogP contribution in [0.4, 0.5) is 5.95 Å². The van der Waals surface area contributed by atoms with E-state index in [9.17, 15) is 0 Å². The normalized spacial score (nSPS) is 19.9. The SMILES string of the molecule is c1ccc2[nH]c(NCCC3CCCO3)nc2c1. The van der Waals surface area contributed by atoms with Crippen LogP contribution in [0.2, 0.25) is 0 Å². The first-order chi connectivity index (χ1) is 8.42. The third-order valence-corrected chi connectivity index (χ3v) is 3.17. The molecule has 2 heterocycles. The van der Waals surface area contributed by atoms with E-state index in [0.717, 1.165) is 36.6 Å². The van der Waals surface area contributed by atoms with Gasteiger partial charge in [0.1, 0.15) is 0 Å². The fourth-order valence-electron chi connectivity index (χ4n) is 2.26. The van der Waals surface area contributed by atoms with Gasteiger partial charge in [0.2, 0.25) is 5.95 Å². The van der Waals surface area contributed by atoms with Crippen LogP contribution in [-0.2, 0) is 4.74 Å². The molecule has 3 rings (SSSR count). The van der Waals surface area contributed by atoms with Crippen molar-refractivity contribution in [2.75, 3.05) is 18.5 Å². The van der Waals surface area contributed by atoms with E-state index in [2.05, 4.69) is 15.3 Å². The van der Waals surface area contributed by atoms with Crippen LogP contribution in [0.25, 0.3) is 11.0 Å². The highest BCUT2D eigenvalue weighted by molar-refractivity contribution is 5.77. The number of hydrogen-bond donors (Lipinski definition) is 2. The van der Waals surface area contributed by atoms with Crippen LogP contribution in [0.15, 0.2) is 24.3 Å². The van der Waals surface area contributed by atoms with Crippen molar-refractivity contribution in [1.82, 2.24) is 9.97 Å². The van der Waals surface area contributed by atoms with E-state index in [1.54, 1.807) is 0 Å². The Morgan fingerprint density at radius 1 is 1.41 bits per heavy atom. The summed E-state index contributed by atoms with van der Waals surface area (Å²) in [5.74, 6) is 0.851. The molecule has 0 aliphatic carbocycles. The lowest BCUT2D eigenvalue weighted by Gasteiger charge is -2.08. The predicted molar refractivity (Wildman–Crippen MR) is 68.2 cm³/mol. The van der Waals surface area contributed by atoms with E-state index in [-0.39, 0.29) is 0 Å². The first kappa shape index (κ1) is 10.6. The third-order valence-electron chi connectivity index (χ3n) is 3.17. The molecule has 1 atom stereocenters. The molecule has 0 bridgehead atoms. The number of aromatic amines is 1. The summed E-state index contributed by atoms with van der Waals surface area (Å²) in [6.45, 7) is 1.83. The molecule has 1 aromatic carbocycles. The van der Waals surface area contributed by atoms with Crippen LogP contribution in [0.5, 0.6) is 0 Å². The minimum Gasteiger partial charge on any atom is -0.378 e. The summed E-state index contributed by atoms with van der Waals surface area (Å²) in [6, 6.07) is 8.06. The number of hydrogen-bond acceptors (Lipinski definition) is 3. The van der Waals surface area contributed by atoms with Gasteiger partial charge in [0.15, 0.2) is 0 Å². The molecule has 1 aliphatic heterocycles. The number of ether oxygens (including phenoxy) is 1. The molecule has 1 fully saturated rings. The van der Waals surface area contributed by atoms with Crippen molar-refractivity contribution in [2.45, 2.75) is 25.4 Å². The van der Waals surface area contributed by atoms with E-state index >= 15 is 0 Å². The number of nitrogens with one attached hydrogen (secondary N) is 2. The molecule has 4 nitrogen and oxygen atoms in total. The molecule has 1 saturated heterocycles. The van der Waals surface area contributed by atoms with Gasteiger partial charge < -0.3 is 15.0 Å². The summed E-state index contributed by atoms with van der Waals surface area (Å²) in [5.41, 5.74) is 2.08. The lowest BCUT2D eigenvalue weighted by Crippen LogP contribution is -2.12. The summed E-state index contributed by atoms with van der Waals surface area (Å²) in [6.07, 6.45) is 3.89. The average molecular weight is 231 g/mol. The van der Waals surface area contributed by atoms with Gasteiger partial charge in [-0.05, 0) is 31.4 Å². The van der Waals surface area contributed by atoms with Crippen molar-refractivity contribution in [3.63, 3.8) is 0 Å². The number of para-hydroxylation sites is 2. The number of fused-ring (bicyclic) bond motifs is 1. The van der Waals surface area contributed by atoms with Crippen LogP contribution in [-0.4, -0.2) is 29.2 Å². The molecule has 2 N–H and O–H groups in total. The average Bonchev–Trinajstić information content (AvgIpc) is 2.96. The third kappa shape index (κ3) is 2.42. The maximum absolute atomic E-state index is 5.58. The van der Waals surface area contributed by atoms with Gasteiger partial charge in [-0.3, -0.25) is 0 Å². The maximum Gasteiger partial charge on any atom is 0.201 e. The van der Waals surface area contributed by atoms with Gasteiger partial charge in [-0.25, -0.2) is 4.98 Å². The van der Waals surface area contributed by atoms with Crippen LogP contribution in [0.3, 0.4) is 0 Å². The Morgan fingerprint density at radius 2 is 2.35 bits per heavy atom. The highest BCUT2D eigenvalue weighted by atomic mass is 16.5. The van der Waals surface area contributed by atoms with Crippen molar-refractivity contribution >= 4 is 17.0 Å².